The van der Waals surface area contributed by atoms with E-state index in [0.717, 1.165) is 16.9 Å². The third-order valence-electron chi connectivity index (χ3n) is 4.65. The number of amides is 2. The molecule has 1 aliphatic rings. The monoisotopic (exact) mass is 352 g/mol. The van der Waals surface area contributed by atoms with Crippen LogP contribution < -0.4 is 10.2 Å². The summed E-state index contributed by atoms with van der Waals surface area (Å²) in [4.78, 5) is 32.3. The SMILES string of the molecule is CN(CC(=O)NCC1CC(=O)N(C)c2ccccc21)Cc1ccccn1. The van der Waals surface area contributed by atoms with Crippen LogP contribution in [-0.4, -0.2) is 48.9 Å². The molecular weight excluding hydrogens is 328 g/mol. The third-order valence-corrected chi connectivity index (χ3v) is 4.65. The average molecular weight is 352 g/mol. The molecule has 0 fully saturated rings. The van der Waals surface area contributed by atoms with Crippen molar-refractivity contribution < 1.29 is 9.59 Å². The molecule has 0 saturated carbocycles. The molecule has 0 saturated heterocycles. The Kier molecular flexibility index (Phi) is 5.63. The van der Waals surface area contributed by atoms with Gasteiger partial charge in [0.15, 0.2) is 0 Å². The molecule has 1 N–H and O–H groups in total. The van der Waals surface area contributed by atoms with Gasteiger partial charge in [-0.05, 0) is 30.8 Å². The maximum atomic E-state index is 12.3. The normalized spacial score (nSPS) is 16.5. The van der Waals surface area contributed by atoms with Crippen LogP contribution in [0.25, 0.3) is 0 Å². The highest BCUT2D eigenvalue weighted by Gasteiger charge is 2.28. The van der Waals surface area contributed by atoms with Crippen LogP contribution in [0.1, 0.15) is 23.6 Å². The van der Waals surface area contributed by atoms with Crippen LogP contribution >= 0.6 is 0 Å². The summed E-state index contributed by atoms with van der Waals surface area (Å²) >= 11 is 0. The van der Waals surface area contributed by atoms with E-state index < -0.39 is 0 Å². The van der Waals surface area contributed by atoms with Gasteiger partial charge in [-0.25, -0.2) is 0 Å². The van der Waals surface area contributed by atoms with E-state index in [0.29, 0.717) is 26.1 Å². The summed E-state index contributed by atoms with van der Waals surface area (Å²) in [6.07, 6.45) is 2.16. The molecule has 2 amide bonds. The number of hydrogen-bond donors (Lipinski definition) is 1. The number of likely N-dealkylation sites (N-methyl/N-ethyl adjacent to an activating group) is 1. The molecule has 1 aliphatic heterocycles. The predicted molar refractivity (Wildman–Crippen MR) is 101 cm³/mol. The van der Waals surface area contributed by atoms with Gasteiger partial charge in [0, 0.05) is 44.4 Å². The number of fused-ring (bicyclic) bond motifs is 1. The van der Waals surface area contributed by atoms with E-state index in [1.54, 1.807) is 18.1 Å². The molecule has 1 atom stereocenters. The molecule has 3 rings (SSSR count). The van der Waals surface area contributed by atoms with Crippen LogP contribution in [0.4, 0.5) is 5.69 Å². The van der Waals surface area contributed by atoms with Crippen LogP contribution in [0.2, 0.25) is 0 Å². The fourth-order valence-electron chi connectivity index (χ4n) is 3.27. The molecule has 1 unspecified atom stereocenters. The zero-order valence-electron chi connectivity index (χ0n) is 15.2. The molecule has 0 spiro atoms. The number of nitrogens with one attached hydrogen (secondary N) is 1. The predicted octanol–water partition coefficient (Wildman–Crippen LogP) is 1.78. The Hall–Kier alpha value is -2.73. The summed E-state index contributed by atoms with van der Waals surface area (Å²) in [6, 6.07) is 13.6. The number of rotatable bonds is 6. The van der Waals surface area contributed by atoms with Crippen molar-refractivity contribution in [3.8, 4) is 0 Å². The van der Waals surface area contributed by atoms with Crippen LogP contribution in [0, 0.1) is 0 Å². The number of para-hydroxylation sites is 1. The van der Waals surface area contributed by atoms with E-state index in [9.17, 15) is 9.59 Å². The lowest BCUT2D eigenvalue weighted by atomic mass is 9.89. The molecular formula is C20H24N4O2. The summed E-state index contributed by atoms with van der Waals surface area (Å²) in [5.74, 6) is 0.0439. The van der Waals surface area contributed by atoms with Crippen LogP contribution in [0.5, 0.6) is 0 Å². The highest BCUT2D eigenvalue weighted by Crippen LogP contribution is 2.34. The summed E-state index contributed by atoms with van der Waals surface area (Å²) in [6.45, 7) is 1.37. The standard InChI is InChI=1S/C20H24N4O2/c1-23(13-16-7-5-6-10-21-16)14-19(25)22-12-15-11-20(26)24(2)18-9-4-3-8-17(15)18/h3-10,15H,11-14H2,1-2H3,(H,22,25). The van der Waals surface area contributed by atoms with Crippen molar-refractivity contribution in [3.63, 3.8) is 0 Å². The van der Waals surface area contributed by atoms with Crippen LogP contribution in [-0.2, 0) is 16.1 Å². The van der Waals surface area contributed by atoms with Gasteiger partial charge in [-0.3, -0.25) is 19.5 Å². The first-order chi connectivity index (χ1) is 12.5. The van der Waals surface area contributed by atoms with E-state index in [1.165, 1.54) is 0 Å². The van der Waals surface area contributed by atoms with Crippen molar-refractivity contribution in [2.45, 2.75) is 18.9 Å². The summed E-state index contributed by atoms with van der Waals surface area (Å²) in [5, 5.41) is 2.97. The topological polar surface area (TPSA) is 65.5 Å². The smallest absolute Gasteiger partial charge is 0.234 e. The van der Waals surface area contributed by atoms with Crippen molar-refractivity contribution >= 4 is 17.5 Å². The Morgan fingerprint density at radius 1 is 1.27 bits per heavy atom. The lowest BCUT2D eigenvalue weighted by Gasteiger charge is -2.31. The van der Waals surface area contributed by atoms with E-state index >= 15 is 0 Å². The second-order valence-corrected chi connectivity index (χ2v) is 6.71. The number of anilines is 1. The van der Waals surface area contributed by atoms with E-state index in [2.05, 4.69) is 10.3 Å². The molecule has 0 bridgehead atoms. The molecule has 2 heterocycles. The number of nitrogens with zero attached hydrogens (tertiary/aromatic N) is 3. The lowest BCUT2D eigenvalue weighted by molar-refractivity contribution is -0.123. The summed E-state index contributed by atoms with van der Waals surface area (Å²) in [7, 11) is 3.69. The number of hydrogen-bond acceptors (Lipinski definition) is 4. The molecule has 1 aromatic heterocycles. The first-order valence-electron chi connectivity index (χ1n) is 8.75. The fraction of sp³-hybridized carbons (Fsp3) is 0.350. The van der Waals surface area contributed by atoms with Gasteiger partial charge in [-0.2, -0.15) is 0 Å². The van der Waals surface area contributed by atoms with Gasteiger partial charge >= 0.3 is 0 Å². The van der Waals surface area contributed by atoms with Gasteiger partial charge in [0.25, 0.3) is 0 Å². The second kappa shape index (κ2) is 8.10. The zero-order valence-corrected chi connectivity index (χ0v) is 15.2. The van der Waals surface area contributed by atoms with Gasteiger partial charge in [0.1, 0.15) is 0 Å². The Labute approximate surface area is 153 Å². The van der Waals surface area contributed by atoms with Crippen molar-refractivity contribution in [1.29, 1.82) is 0 Å². The molecule has 6 heteroatoms. The summed E-state index contributed by atoms with van der Waals surface area (Å²) in [5.41, 5.74) is 2.96. The number of carbonyl (C=O) groups excluding carboxylic acids is 2. The largest absolute Gasteiger partial charge is 0.354 e. The lowest BCUT2D eigenvalue weighted by Crippen LogP contribution is -2.40. The molecule has 6 nitrogen and oxygen atoms in total. The Bertz CT molecular complexity index is 778. The minimum atomic E-state index is -0.0488. The summed E-state index contributed by atoms with van der Waals surface area (Å²) < 4.78 is 0. The molecule has 0 aliphatic carbocycles. The average Bonchev–Trinajstić information content (AvgIpc) is 2.64. The third kappa shape index (κ3) is 4.26. The van der Waals surface area contributed by atoms with Crippen molar-refractivity contribution in [3.05, 3.63) is 59.9 Å². The van der Waals surface area contributed by atoms with Gasteiger partial charge in [-0.1, -0.05) is 24.3 Å². The number of benzene rings is 1. The van der Waals surface area contributed by atoms with Crippen molar-refractivity contribution in [1.82, 2.24) is 15.2 Å². The maximum absolute atomic E-state index is 12.3. The first kappa shape index (κ1) is 18.1. The van der Waals surface area contributed by atoms with E-state index in [-0.39, 0.29) is 17.7 Å². The minimum absolute atomic E-state index is 0.0138. The van der Waals surface area contributed by atoms with E-state index in [4.69, 9.17) is 0 Å². The zero-order chi connectivity index (χ0) is 18.5. The Balaban J connectivity index is 1.54. The molecule has 136 valence electrons. The van der Waals surface area contributed by atoms with Gasteiger partial charge < -0.3 is 10.2 Å². The number of aromatic nitrogens is 1. The van der Waals surface area contributed by atoms with Crippen molar-refractivity contribution in [2.24, 2.45) is 0 Å². The minimum Gasteiger partial charge on any atom is -0.354 e. The van der Waals surface area contributed by atoms with Gasteiger partial charge in [-0.15, -0.1) is 0 Å². The van der Waals surface area contributed by atoms with Gasteiger partial charge in [0.2, 0.25) is 11.8 Å². The molecule has 0 radical (unpaired) electrons. The Morgan fingerprint density at radius 2 is 2.04 bits per heavy atom. The Morgan fingerprint density at radius 3 is 2.81 bits per heavy atom. The second-order valence-electron chi connectivity index (χ2n) is 6.71. The number of pyridine rings is 1. The van der Waals surface area contributed by atoms with Crippen LogP contribution in [0.15, 0.2) is 48.7 Å². The molecule has 26 heavy (non-hydrogen) atoms. The quantitative estimate of drug-likeness (QED) is 0.861. The first-order valence-corrected chi connectivity index (χ1v) is 8.75. The molecule has 2 aromatic rings. The van der Waals surface area contributed by atoms with Gasteiger partial charge in [0.05, 0.1) is 12.2 Å². The highest BCUT2D eigenvalue weighted by molar-refractivity contribution is 5.96. The maximum Gasteiger partial charge on any atom is 0.234 e. The van der Waals surface area contributed by atoms with E-state index in [1.807, 2.05) is 54.4 Å². The van der Waals surface area contributed by atoms with Crippen molar-refractivity contribution in [2.75, 3.05) is 32.1 Å². The number of carbonyl (C=O) groups is 2. The highest BCUT2D eigenvalue weighted by atomic mass is 16.2. The molecule has 1 aromatic carbocycles. The fourth-order valence-corrected chi connectivity index (χ4v) is 3.27. The van der Waals surface area contributed by atoms with Crippen LogP contribution in [0.3, 0.4) is 0 Å².